The van der Waals surface area contributed by atoms with Crippen LogP contribution in [0.4, 0.5) is 4.39 Å². The summed E-state index contributed by atoms with van der Waals surface area (Å²) in [6.45, 7) is 5.53. The van der Waals surface area contributed by atoms with E-state index >= 15 is 0 Å². The van der Waals surface area contributed by atoms with Crippen LogP contribution in [-0.2, 0) is 6.54 Å². The highest BCUT2D eigenvalue weighted by Gasteiger charge is 2.16. The summed E-state index contributed by atoms with van der Waals surface area (Å²) >= 11 is 0. The molecule has 0 radical (unpaired) electrons. The maximum Gasteiger partial charge on any atom is 0.173 e. The first-order valence-electron chi connectivity index (χ1n) is 7.00. The van der Waals surface area contributed by atoms with Gasteiger partial charge in [0.2, 0.25) is 0 Å². The Bertz CT molecular complexity index is 489. The molecule has 1 aromatic rings. The van der Waals surface area contributed by atoms with E-state index in [1.165, 1.54) is 6.07 Å². The minimum atomic E-state index is -0.451. The number of likely N-dealkylation sites (N-methyl/N-ethyl adjacent to an activating group) is 1. The molecule has 0 aliphatic heterocycles. The van der Waals surface area contributed by atoms with Crippen LogP contribution in [0.3, 0.4) is 0 Å². The number of rotatable bonds is 7. The number of nitrogens with two attached hydrogens (primary N) is 1. The van der Waals surface area contributed by atoms with Gasteiger partial charge in [0.15, 0.2) is 5.84 Å². The van der Waals surface area contributed by atoms with Crippen molar-refractivity contribution in [1.82, 2.24) is 10.2 Å². The predicted octanol–water partition coefficient (Wildman–Crippen LogP) is 1.60. The van der Waals surface area contributed by atoms with Crippen molar-refractivity contribution < 1.29 is 9.60 Å². The fourth-order valence-electron chi connectivity index (χ4n) is 2.11. The molecule has 5 nitrogen and oxygen atoms in total. The van der Waals surface area contributed by atoms with Gasteiger partial charge >= 0.3 is 0 Å². The standard InChI is InChI=1S/C15H25FN4O/c1-10(2)13(9-20(3)4)18-8-11-6-5-7-12(14(11)16)15(17)19-21/h5-7,10,13,18,21H,8-9H2,1-4H3,(H2,17,19). The van der Waals surface area contributed by atoms with Gasteiger partial charge in [0, 0.05) is 24.7 Å². The first-order valence-corrected chi connectivity index (χ1v) is 7.00. The van der Waals surface area contributed by atoms with E-state index in [1.54, 1.807) is 12.1 Å². The van der Waals surface area contributed by atoms with Crippen LogP contribution in [0.25, 0.3) is 0 Å². The fraction of sp³-hybridized carbons (Fsp3) is 0.533. The van der Waals surface area contributed by atoms with Crippen LogP contribution in [0.15, 0.2) is 23.4 Å². The molecule has 0 aliphatic rings. The van der Waals surface area contributed by atoms with Gasteiger partial charge in [-0.1, -0.05) is 31.1 Å². The number of benzene rings is 1. The SMILES string of the molecule is CC(C)C(CN(C)C)NCc1cccc(/C(N)=N/O)c1F. The Morgan fingerprint density at radius 3 is 2.62 bits per heavy atom. The third-order valence-corrected chi connectivity index (χ3v) is 3.38. The van der Waals surface area contributed by atoms with Crippen molar-refractivity contribution in [2.45, 2.75) is 26.4 Å². The van der Waals surface area contributed by atoms with Crippen LogP contribution in [-0.4, -0.2) is 42.6 Å². The zero-order chi connectivity index (χ0) is 16.0. The lowest BCUT2D eigenvalue weighted by Gasteiger charge is -2.26. The first kappa shape index (κ1) is 17.4. The summed E-state index contributed by atoms with van der Waals surface area (Å²) in [7, 11) is 4.02. The summed E-state index contributed by atoms with van der Waals surface area (Å²) in [5.41, 5.74) is 6.09. The maximum atomic E-state index is 14.3. The molecular formula is C15H25FN4O. The highest BCUT2D eigenvalue weighted by atomic mass is 19.1. The Balaban J connectivity index is 2.83. The molecule has 1 unspecified atom stereocenters. The molecule has 0 fully saturated rings. The van der Waals surface area contributed by atoms with Gasteiger partial charge in [0.05, 0.1) is 5.56 Å². The van der Waals surface area contributed by atoms with E-state index < -0.39 is 5.82 Å². The highest BCUT2D eigenvalue weighted by Crippen LogP contribution is 2.14. The Labute approximate surface area is 125 Å². The number of halogens is 1. The molecule has 118 valence electrons. The van der Waals surface area contributed by atoms with Crippen molar-refractivity contribution in [3.05, 3.63) is 35.1 Å². The molecule has 0 spiro atoms. The lowest BCUT2D eigenvalue weighted by Crippen LogP contribution is -2.41. The highest BCUT2D eigenvalue weighted by molar-refractivity contribution is 5.97. The van der Waals surface area contributed by atoms with E-state index in [1.807, 2.05) is 14.1 Å². The topological polar surface area (TPSA) is 73.9 Å². The first-order chi connectivity index (χ1) is 9.86. The third kappa shape index (κ3) is 4.99. The van der Waals surface area contributed by atoms with E-state index in [0.717, 1.165) is 6.54 Å². The predicted molar refractivity (Wildman–Crippen MR) is 82.9 cm³/mol. The monoisotopic (exact) mass is 296 g/mol. The largest absolute Gasteiger partial charge is 0.409 e. The minimum Gasteiger partial charge on any atom is -0.409 e. The lowest BCUT2D eigenvalue weighted by molar-refractivity contribution is 0.287. The Morgan fingerprint density at radius 2 is 2.10 bits per heavy atom. The van der Waals surface area contributed by atoms with Gasteiger partial charge in [-0.15, -0.1) is 0 Å². The van der Waals surface area contributed by atoms with Crippen LogP contribution in [0.2, 0.25) is 0 Å². The molecule has 0 heterocycles. The smallest absolute Gasteiger partial charge is 0.173 e. The number of hydrogen-bond acceptors (Lipinski definition) is 4. The van der Waals surface area contributed by atoms with Crippen molar-refractivity contribution in [2.75, 3.05) is 20.6 Å². The van der Waals surface area contributed by atoms with Gasteiger partial charge in [0.25, 0.3) is 0 Å². The van der Waals surface area contributed by atoms with Gasteiger partial charge in [0.1, 0.15) is 5.82 Å². The molecule has 1 atom stereocenters. The number of hydrogen-bond donors (Lipinski definition) is 3. The van der Waals surface area contributed by atoms with Crippen LogP contribution >= 0.6 is 0 Å². The number of nitrogens with zero attached hydrogens (tertiary/aromatic N) is 2. The summed E-state index contributed by atoms with van der Waals surface area (Å²) < 4.78 is 14.3. The molecule has 4 N–H and O–H groups in total. The summed E-state index contributed by atoms with van der Waals surface area (Å²) in [6, 6.07) is 5.15. The summed E-state index contributed by atoms with van der Waals surface area (Å²) in [5, 5.41) is 14.9. The normalized spacial score (nSPS) is 14.0. The Hall–Kier alpha value is -1.66. The van der Waals surface area contributed by atoms with Crippen molar-refractivity contribution in [3.8, 4) is 0 Å². The third-order valence-electron chi connectivity index (χ3n) is 3.38. The van der Waals surface area contributed by atoms with Crippen molar-refractivity contribution >= 4 is 5.84 Å². The second-order valence-electron chi connectivity index (χ2n) is 5.76. The van der Waals surface area contributed by atoms with Crippen LogP contribution in [0.5, 0.6) is 0 Å². The zero-order valence-electron chi connectivity index (χ0n) is 13.1. The average molecular weight is 296 g/mol. The van der Waals surface area contributed by atoms with E-state index in [-0.39, 0.29) is 17.4 Å². The zero-order valence-corrected chi connectivity index (χ0v) is 13.1. The molecule has 0 aromatic heterocycles. The van der Waals surface area contributed by atoms with Crippen LogP contribution in [0, 0.1) is 11.7 Å². The second-order valence-corrected chi connectivity index (χ2v) is 5.76. The summed E-state index contributed by atoms with van der Waals surface area (Å²) in [5.74, 6) is -0.238. The van der Waals surface area contributed by atoms with Crippen molar-refractivity contribution in [1.29, 1.82) is 0 Å². The van der Waals surface area contributed by atoms with Gasteiger partial charge in [-0.05, 0) is 26.1 Å². The Kier molecular flexibility index (Phi) is 6.58. The fourth-order valence-corrected chi connectivity index (χ4v) is 2.11. The van der Waals surface area contributed by atoms with E-state index in [2.05, 4.69) is 29.2 Å². The number of amidine groups is 1. The van der Waals surface area contributed by atoms with Crippen molar-refractivity contribution in [2.24, 2.45) is 16.8 Å². The van der Waals surface area contributed by atoms with Gasteiger partial charge in [-0.25, -0.2) is 4.39 Å². The molecule has 1 aromatic carbocycles. The molecule has 1 rings (SSSR count). The van der Waals surface area contributed by atoms with Crippen LogP contribution in [0.1, 0.15) is 25.0 Å². The molecule has 0 bridgehead atoms. The summed E-state index contributed by atoms with van der Waals surface area (Å²) in [6.07, 6.45) is 0. The minimum absolute atomic E-state index is 0.116. The number of oxime groups is 1. The lowest BCUT2D eigenvalue weighted by atomic mass is 10.0. The molecule has 0 aliphatic carbocycles. The van der Waals surface area contributed by atoms with Crippen molar-refractivity contribution in [3.63, 3.8) is 0 Å². The van der Waals surface area contributed by atoms with Gasteiger partial charge in [-0.2, -0.15) is 0 Å². The maximum absolute atomic E-state index is 14.3. The quantitative estimate of drug-likeness (QED) is 0.309. The molecule has 21 heavy (non-hydrogen) atoms. The van der Waals surface area contributed by atoms with E-state index in [0.29, 0.717) is 18.0 Å². The Morgan fingerprint density at radius 1 is 1.43 bits per heavy atom. The summed E-state index contributed by atoms with van der Waals surface area (Å²) in [4.78, 5) is 2.10. The van der Waals surface area contributed by atoms with E-state index in [4.69, 9.17) is 10.9 Å². The average Bonchev–Trinajstić information content (AvgIpc) is 2.43. The molecule has 0 saturated carbocycles. The van der Waals surface area contributed by atoms with Gasteiger partial charge in [-0.3, -0.25) is 0 Å². The molecule has 6 heteroatoms. The second kappa shape index (κ2) is 7.95. The molecular weight excluding hydrogens is 271 g/mol. The molecule has 0 amide bonds. The van der Waals surface area contributed by atoms with E-state index in [9.17, 15) is 4.39 Å². The number of nitrogens with one attached hydrogen (secondary N) is 1. The van der Waals surface area contributed by atoms with Crippen LogP contribution < -0.4 is 11.1 Å². The molecule has 0 saturated heterocycles. The van der Waals surface area contributed by atoms with Gasteiger partial charge < -0.3 is 21.2 Å².